The Hall–Kier alpha value is -2.90. The van der Waals surface area contributed by atoms with E-state index in [-0.39, 0.29) is 19.4 Å². The Morgan fingerprint density at radius 1 is 1.08 bits per heavy atom. The summed E-state index contributed by atoms with van der Waals surface area (Å²) in [6, 6.07) is 6.97. The highest BCUT2D eigenvalue weighted by Crippen LogP contribution is 2.05. The van der Waals surface area contributed by atoms with Crippen molar-refractivity contribution in [1.82, 2.24) is 10.6 Å². The standard InChI is InChI=1S/C17H23N3O5/c1-3-25-15(22)10-13(16(18)23)20-17(24)14(19-11(2)21)9-12-7-5-4-6-8-12/h4-8,13-14H,3,9-10H2,1-2H3,(H2,18,23)(H,19,21)(H,20,24)/t13-,14+/m1/s1. The van der Waals surface area contributed by atoms with Gasteiger partial charge >= 0.3 is 5.97 Å². The number of esters is 1. The Kier molecular flexibility index (Phi) is 8.11. The van der Waals surface area contributed by atoms with Crippen LogP contribution in [0, 0.1) is 0 Å². The number of rotatable bonds is 9. The first-order valence-electron chi connectivity index (χ1n) is 7.89. The molecule has 0 unspecified atom stereocenters. The normalized spacial score (nSPS) is 12.6. The topological polar surface area (TPSA) is 128 Å². The number of carbonyl (C=O) groups excluding carboxylic acids is 4. The first-order chi connectivity index (χ1) is 11.8. The van der Waals surface area contributed by atoms with E-state index in [0.717, 1.165) is 5.56 Å². The van der Waals surface area contributed by atoms with E-state index in [1.807, 2.05) is 30.3 Å². The van der Waals surface area contributed by atoms with Gasteiger partial charge in [0.05, 0.1) is 13.0 Å². The van der Waals surface area contributed by atoms with Crippen molar-refractivity contribution >= 4 is 23.7 Å². The van der Waals surface area contributed by atoms with Gasteiger partial charge in [-0.05, 0) is 12.5 Å². The van der Waals surface area contributed by atoms with Crippen LogP contribution in [0.4, 0.5) is 0 Å². The predicted octanol–water partition coefficient (Wildman–Crippen LogP) is -0.343. The minimum atomic E-state index is -1.21. The van der Waals surface area contributed by atoms with Crippen LogP contribution < -0.4 is 16.4 Å². The van der Waals surface area contributed by atoms with E-state index < -0.39 is 35.8 Å². The van der Waals surface area contributed by atoms with E-state index in [1.54, 1.807) is 6.92 Å². The summed E-state index contributed by atoms with van der Waals surface area (Å²) < 4.78 is 4.76. The van der Waals surface area contributed by atoms with Gasteiger partial charge in [-0.2, -0.15) is 0 Å². The largest absolute Gasteiger partial charge is 0.466 e. The monoisotopic (exact) mass is 349 g/mol. The van der Waals surface area contributed by atoms with Crippen molar-refractivity contribution < 1.29 is 23.9 Å². The van der Waals surface area contributed by atoms with Crippen LogP contribution in [-0.2, 0) is 30.3 Å². The Labute approximate surface area is 146 Å². The molecule has 0 aromatic heterocycles. The van der Waals surface area contributed by atoms with Gasteiger partial charge in [-0.15, -0.1) is 0 Å². The van der Waals surface area contributed by atoms with Crippen molar-refractivity contribution in [2.24, 2.45) is 5.73 Å². The molecule has 1 aromatic carbocycles. The van der Waals surface area contributed by atoms with Gasteiger partial charge in [0, 0.05) is 13.3 Å². The lowest BCUT2D eigenvalue weighted by Gasteiger charge is -2.21. The van der Waals surface area contributed by atoms with E-state index in [1.165, 1.54) is 6.92 Å². The van der Waals surface area contributed by atoms with Crippen LogP contribution in [0.5, 0.6) is 0 Å². The lowest BCUT2D eigenvalue weighted by atomic mass is 10.0. The van der Waals surface area contributed by atoms with Crippen LogP contribution in [0.2, 0.25) is 0 Å². The molecule has 0 spiro atoms. The van der Waals surface area contributed by atoms with Gasteiger partial charge in [0.25, 0.3) is 0 Å². The molecule has 136 valence electrons. The second-order valence-corrected chi connectivity index (χ2v) is 5.42. The molecule has 0 saturated heterocycles. The third-order valence-corrected chi connectivity index (χ3v) is 3.31. The van der Waals surface area contributed by atoms with Gasteiger partial charge in [0.1, 0.15) is 12.1 Å². The zero-order valence-corrected chi connectivity index (χ0v) is 14.3. The average Bonchev–Trinajstić information content (AvgIpc) is 2.54. The summed E-state index contributed by atoms with van der Waals surface area (Å²) in [4.78, 5) is 46.8. The molecule has 1 rings (SSSR count). The number of hydrogen-bond donors (Lipinski definition) is 3. The second kappa shape index (κ2) is 10.1. The smallest absolute Gasteiger partial charge is 0.308 e. The molecule has 3 amide bonds. The molecule has 1 aromatic rings. The minimum Gasteiger partial charge on any atom is -0.466 e. The molecular weight excluding hydrogens is 326 g/mol. The molecular formula is C17H23N3O5. The van der Waals surface area contributed by atoms with Gasteiger partial charge in [0.2, 0.25) is 17.7 Å². The van der Waals surface area contributed by atoms with Crippen molar-refractivity contribution in [3.05, 3.63) is 35.9 Å². The summed E-state index contributed by atoms with van der Waals surface area (Å²) in [6.07, 6.45) is -0.135. The van der Waals surface area contributed by atoms with E-state index in [0.29, 0.717) is 0 Å². The van der Waals surface area contributed by atoms with Gasteiger partial charge in [-0.25, -0.2) is 0 Å². The summed E-state index contributed by atoms with van der Waals surface area (Å²) >= 11 is 0. The van der Waals surface area contributed by atoms with Crippen LogP contribution >= 0.6 is 0 Å². The molecule has 8 nitrogen and oxygen atoms in total. The van der Waals surface area contributed by atoms with E-state index in [2.05, 4.69) is 10.6 Å². The number of primary amides is 1. The highest BCUT2D eigenvalue weighted by atomic mass is 16.5. The molecule has 0 aliphatic heterocycles. The van der Waals surface area contributed by atoms with Crippen LogP contribution in [0.3, 0.4) is 0 Å². The van der Waals surface area contributed by atoms with Gasteiger partial charge < -0.3 is 21.1 Å². The van der Waals surface area contributed by atoms with Gasteiger partial charge in [-0.1, -0.05) is 30.3 Å². The number of amides is 3. The number of nitrogens with two attached hydrogens (primary N) is 1. The lowest BCUT2D eigenvalue weighted by Crippen LogP contribution is -2.54. The average molecular weight is 349 g/mol. The summed E-state index contributed by atoms with van der Waals surface area (Å²) in [5.41, 5.74) is 6.07. The van der Waals surface area contributed by atoms with Crippen molar-refractivity contribution in [2.45, 2.75) is 38.8 Å². The molecule has 0 heterocycles. The van der Waals surface area contributed by atoms with Gasteiger partial charge in [0.15, 0.2) is 0 Å². The fourth-order valence-corrected chi connectivity index (χ4v) is 2.19. The minimum absolute atomic E-state index is 0.154. The molecule has 0 radical (unpaired) electrons. The molecule has 0 bridgehead atoms. The quantitative estimate of drug-likeness (QED) is 0.525. The van der Waals surface area contributed by atoms with Crippen LogP contribution in [0.1, 0.15) is 25.8 Å². The Morgan fingerprint density at radius 2 is 1.72 bits per heavy atom. The summed E-state index contributed by atoms with van der Waals surface area (Å²) in [5.74, 6) is -2.50. The van der Waals surface area contributed by atoms with Crippen molar-refractivity contribution in [3.8, 4) is 0 Å². The number of carbonyl (C=O) groups is 4. The van der Waals surface area contributed by atoms with Crippen LogP contribution in [0.25, 0.3) is 0 Å². The van der Waals surface area contributed by atoms with Crippen molar-refractivity contribution in [3.63, 3.8) is 0 Å². The Balaban J connectivity index is 2.82. The SMILES string of the molecule is CCOC(=O)C[C@@H](NC(=O)[C@H](Cc1ccccc1)NC(C)=O)C(N)=O. The maximum atomic E-state index is 12.5. The molecule has 8 heteroatoms. The third kappa shape index (κ3) is 7.47. The third-order valence-electron chi connectivity index (χ3n) is 3.31. The molecule has 0 saturated carbocycles. The number of ether oxygens (including phenoxy) is 1. The molecule has 4 N–H and O–H groups in total. The highest BCUT2D eigenvalue weighted by molar-refractivity contribution is 5.93. The van der Waals surface area contributed by atoms with Gasteiger partial charge in [-0.3, -0.25) is 19.2 Å². The Bertz CT molecular complexity index is 618. The first-order valence-corrected chi connectivity index (χ1v) is 7.89. The molecule has 25 heavy (non-hydrogen) atoms. The Morgan fingerprint density at radius 3 is 2.24 bits per heavy atom. The van der Waals surface area contributed by atoms with Crippen molar-refractivity contribution in [1.29, 1.82) is 0 Å². The molecule has 0 aliphatic rings. The maximum Gasteiger partial charge on any atom is 0.308 e. The van der Waals surface area contributed by atoms with E-state index >= 15 is 0 Å². The van der Waals surface area contributed by atoms with Crippen LogP contribution in [0.15, 0.2) is 30.3 Å². The van der Waals surface area contributed by atoms with E-state index in [9.17, 15) is 19.2 Å². The fraction of sp³-hybridized carbons (Fsp3) is 0.412. The molecule has 0 aliphatic carbocycles. The lowest BCUT2D eigenvalue weighted by molar-refractivity contribution is -0.145. The van der Waals surface area contributed by atoms with E-state index in [4.69, 9.17) is 10.5 Å². The fourth-order valence-electron chi connectivity index (χ4n) is 2.19. The zero-order chi connectivity index (χ0) is 18.8. The summed E-state index contributed by atoms with van der Waals surface area (Å²) in [5, 5.41) is 4.93. The second-order valence-electron chi connectivity index (χ2n) is 5.42. The zero-order valence-electron chi connectivity index (χ0n) is 14.3. The number of hydrogen-bond acceptors (Lipinski definition) is 5. The predicted molar refractivity (Wildman–Crippen MR) is 90.1 cm³/mol. The first kappa shape index (κ1) is 20.1. The molecule has 2 atom stereocenters. The highest BCUT2D eigenvalue weighted by Gasteiger charge is 2.27. The summed E-state index contributed by atoms with van der Waals surface area (Å²) in [7, 11) is 0. The van der Waals surface area contributed by atoms with Crippen LogP contribution in [-0.4, -0.2) is 42.4 Å². The maximum absolute atomic E-state index is 12.5. The summed E-state index contributed by atoms with van der Waals surface area (Å²) in [6.45, 7) is 3.07. The number of benzene rings is 1. The number of nitrogens with one attached hydrogen (secondary N) is 2. The molecule has 0 fully saturated rings. The van der Waals surface area contributed by atoms with Crippen molar-refractivity contribution in [2.75, 3.05) is 6.61 Å².